The number of rotatable bonds is 4. The van der Waals surface area contributed by atoms with Crippen LogP contribution in [0.3, 0.4) is 0 Å². The molecule has 1 amide bonds. The molecule has 5 nitrogen and oxygen atoms in total. The quantitative estimate of drug-likeness (QED) is 0.883. The van der Waals surface area contributed by atoms with Crippen LogP contribution in [0.25, 0.3) is 11.3 Å². The minimum absolute atomic E-state index is 0.0155. The molecule has 1 aromatic heterocycles. The maximum atomic E-state index is 12.1. The molecule has 2 N–H and O–H groups in total. The molecule has 0 bridgehead atoms. The number of nitrogens with one attached hydrogen (secondary N) is 2. The summed E-state index contributed by atoms with van der Waals surface area (Å²) >= 11 is 1.46. The SMILES string of the molecule is Cc1ccc(-c2csc(NC(=O)C[NH+]3CCOCC3)n2)cc1. The molecule has 1 fully saturated rings. The molecule has 2 heterocycles. The highest BCUT2D eigenvalue weighted by molar-refractivity contribution is 7.14. The van der Waals surface area contributed by atoms with Crippen molar-refractivity contribution >= 4 is 22.4 Å². The number of ether oxygens (including phenoxy) is 1. The minimum Gasteiger partial charge on any atom is -0.370 e. The summed E-state index contributed by atoms with van der Waals surface area (Å²) in [5.41, 5.74) is 3.20. The second-order valence-electron chi connectivity index (χ2n) is 5.49. The van der Waals surface area contributed by atoms with Gasteiger partial charge in [-0.1, -0.05) is 29.8 Å². The lowest BCUT2D eigenvalue weighted by Crippen LogP contribution is -3.15. The Bertz CT molecular complexity index is 633. The number of aromatic nitrogens is 1. The van der Waals surface area contributed by atoms with Crippen LogP contribution in [0.1, 0.15) is 5.56 Å². The van der Waals surface area contributed by atoms with Crippen LogP contribution in [0.5, 0.6) is 0 Å². The fraction of sp³-hybridized carbons (Fsp3) is 0.375. The van der Waals surface area contributed by atoms with Crippen molar-refractivity contribution < 1.29 is 14.4 Å². The topological polar surface area (TPSA) is 55.7 Å². The van der Waals surface area contributed by atoms with E-state index in [1.54, 1.807) is 0 Å². The molecule has 22 heavy (non-hydrogen) atoms. The Balaban J connectivity index is 1.59. The van der Waals surface area contributed by atoms with Crippen molar-refractivity contribution in [2.45, 2.75) is 6.92 Å². The first-order valence-electron chi connectivity index (χ1n) is 7.44. The van der Waals surface area contributed by atoms with E-state index in [1.165, 1.54) is 21.8 Å². The number of carbonyl (C=O) groups excluding carboxylic acids is 1. The molecule has 0 aliphatic carbocycles. The van der Waals surface area contributed by atoms with Crippen molar-refractivity contribution in [3.63, 3.8) is 0 Å². The van der Waals surface area contributed by atoms with Gasteiger partial charge in [-0.2, -0.15) is 0 Å². The number of nitrogens with zero attached hydrogens (tertiary/aromatic N) is 1. The van der Waals surface area contributed by atoms with Gasteiger partial charge in [0.2, 0.25) is 0 Å². The minimum atomic E-state index is 0.0155. The molecule has 2 aromatic rings. The zero-order valence-electron chi connectivity index (χ0n) is 12.6. The number of amides is 1. The lowest BCUT2D eigenvalue weighted by molar-refractivity contribution is -0.899. The van der Waals surface area contributed by atoms with E-state index in [9.17, 15) is 4.79 Å². The van der Waals surface area contributed by atoms with Crippen molar-refractivity contribution in [1.82, 2.24) is 4.98 Å². The summed E-state index contributed by atoms with van der Waals surface area (Å²) in [7, 11) is 0. The summed E-state index contributed by atoms with van der Waals surface area (Å²) < 4.78 is 5.30. The molecule has 0 unspecified atom stereocenters. The van der Waals surface area contributed by atoms with Crippen LogP contribution in [-0.2, 0) is 9.53 Å². The van der Waals surface area contributed by atoms with Crippen LogP contribution in [-0.4, -0.2) is 43.7 Å². The van der Waals surface area contributed by atoms with Crippen molar-refractivity contribution in [2.75, 3.05) is 38.2 Å². The van der Waals surface area contributed by atoms with Gasteiger partial charge in [-0.05, 0) is 6.92 Å². The van der Waals surface area contributed by atoms with Crippen molar-refractivity contribution in [1.29, 1.82) is 0 Å². The van der Waals surface area contributed by atoms with Gasteiger partial charge in [0.05, 0.1) is 18.9 Å². The van der Waals surface area contributed by atoms with Crippen LogP contribution in [0, 0.1) is 6.92 Å². The lowest BCUT2D eigenvalue weighted by atomic mass is 10.1. The predicted octanol–water partition coefficient (Wildman–Crippen LogP) is 0.972. The highest BCUT2D eigenvalue weighted by Gasteiger charge is 2.18. The number of hydrogen-bond acceptors (Lipinski definition) is 4. The summed E-state index contributed by atoms with van der Waals surface area (Å²) in [6.45, 7) is 5.78. The Morgan fingerprint density at radius 2 is 2.05 bits per heavy atom. The molecule has 6 heteroatoms. The molecule has 1 saturated heterocycles. The number of quaternary nitrogens is 1. The molecule has 0 spiro atoms. The molecule has 1 aliphatic heterocycles. The molecular weight excluding hydrogens is 298 g/mol. The van der Waals surface area contributed by atoms with Crippen LogP contribution in [0.2, 0.25) is 0 Å². The van der Waals surface area contributed by atoms with Gasteiger partial charge in [0.1, 0.15) is 13.1 Å². The second-order valence-corrected chi connectivity index (χ2v) is 6.35. The third-order valence-electron chi connectivity index (χ3n) is 3.71. The zero-order chi connectivity index (χ0) is 15.4. The van der Waals surface area contributed by atoms with E-state index in [0.29, 0.717) is 11.7 Å². The van der Waals surface area contributed by atoms with Gasteiger partial charge in [-0.15, -0.1) is 11.3 Å². The van der Waals surface area contributed by atoms with Gasteiger partial charge in [-0.3, -0.25) is 10.1 Å². The molecule has 0 radical (unpaired) electrons. The highest BCUT2D eigenvalue weighted by atomic mass is 32.1. The number of morpholine rings is 1. The van der Waals surface area contributed by atoms with E-state index in [1.807, 2.05) is 17.5 Å². The molecule has 1 aliphatic rings. The van der Waals surface area contributed by atoms with Crippen molar-refractivity contribution in [2.24, 2.45) is 0 Å². The fourth-order valence-electron chi connectivity index (χ4n) is 2.42. The first-order valence-corrected chi connectivity index (χ1v) is 8.32. The van der Waals surface area contributed by atoms with Gasteiger partial charge in [0.15, 0.2) is 11.7 Å². The van der Waals surface area contributed by atoms with Crippen molar-refractivity contribution in [3.8, 4) is 11.3 Å². The molecule has 0 atom stereocenters. The Kier molecular flexibility index (Phi) is 4.82. The largest absolute Gasteiger partial charge is 0.370 e. The molecular formula is C16H20N3O2S+. The van der Waals surface area contributed by atoms with Crippen LogP contribution in [0.4, 0.5) is 5.13 Å². The monoisotopic (exact) mass is 318 g/mol. The average Bonchev–Trinajstić information content (AvgIpc) is 2.97. The third kappa shape index (κ3) is 3.91. The van der Waals surface area contributed by atoms with Gasteiger partial charge in [-0.25, -0.2) is 4.98 Å². The van der Waals surface area contributed by atoms with E-state index in [-0.39, 0.29) is 5.91 Å². The first-order chi connectivity index (χ1) is 10.7. The number of carbonyl (C=O) groups is 1. The van der Waals surface area contributed by atoms with Gasteiger partial charge in [0.25, 0.3) is 5.91 Å². The molecule has 0 saturated carbocycles. The van der Waals surface area contributed by atoms with Crippen LogP contribution >= 0.6 is 11.3 Å². The normalized spacial score (nSPS) is 15.7. The Hall–Kier alpha value is -1.76. The smallest absolute Gasteiger partial charge is 0.281 e. The van der Waals surface area contributed by atoms with E-state index in [4.69, 9.17) is 4.74 Å². The Morgan fingerprint density at radius 1 is 1.32 bits per heavy atom. The highest BCUT2D eigenvalue weighted by Crippen LogP contribution is 2.24. The third-order valence-corrected chi connectivity index (χ3v) is 4.47. The first kappa shape index (κ1) is 15.1. The van der Waals surface area contributed by atoms with Gasteiger partial charge >= 0.3 is 0 Å². The summed E-state index contributed by atoms with van der Waals surface area (Å²) in [4.78, 5) is 17.8. The number of anilines is 1. The molecule has 1 aromatic carbocycles. The van der Waals surface area contributed by atoms with E-state index >= 15 is 0 Å². The summed E-state index contributed by atoms with van der Waals surface area (Å²) in [6.07, 6.45) is 0. The Morgan fingerprint density at radius 3 is 2.77 bits per heavy atom. The lowest BCUT2D eigenvalue weighted by Gasteiger charge is -2.22. The van der Waals surface area contributed by atoms with E-state index < -0.39 is 0 Å². The average molecular weight is 318 g/mol. The number of hydrogen-bond donors (Lipinski definition) is 2. The summed E-state index contributed by atoms with van der Waals surface area (Å²) in [6, 6.07) is 8.23. The fourth-order valence-corrected chi connectivity index (χ4v) is 3.15. The summed E-state index contributed by atoms with van der Waals surface area (Å²) in [5.74, 6) is 0.0155. The van der Waals surface area contributed by atoms with E-state index in [0.717, 1.165) is 37.6 Å². The summed E-state index contributed by atoms with van der Waals surface area (Å²) in [5, 5.41) is 5.53. The van der Waals surface area contributed by atoms with E-state index in [2.05, 4.69) is 29.4 Å². The number of aryl methyl sites for hydroxylation is 1. The van der Waals surface area contributed by atoms with Crippen molar-refractivity contribution in [3.05, 3.63) is 35.2 Å². The van der Waals surface area contributed by atoms with Gasteiger partial charge in [0, 0.05) is 10.9 Å². The van der Waals surface area contributed by atoms with Gasteiger partial charge < -0.3 is 9.64 Å². The maximum Gasteiger partial charge on any atom is 0.281 e. The Labute approximate surface area is 133 Å². The predicted molar refractivity (Wildman–Crippen MR) is 87.3 cm³/mol. The zero-order valence-corrected chi connectivity index (χ0v) is 13.4. The second kappa shape index (κ2) is 7.00. The van der Waals surface area contributed by atoms with Crippen LogP contribution < -0.4 is 10.2 Å². The maximum absolute atomic E-state index is 12.1. The molecule has 116 valence electrons. The van der Waals surface area contributed by atoms with Crippen LogP contribution in [0.15, 0.2) is 29.6 Å². The number of benzene rings is 1. The number of thiazole rings is 1. The molecule has 3 rings (SSSR count). The standard InChI is InChI=1S/C16H19N3O2S/c1-12-2-4-13(5-3-12)14-11-22-16(17-14)18-15(20)10-19-6-8-21-9-7-19/h2-5,11H,6-10H2,1H3,(H,17,18,20)/p+1.